The number of nitrogens with zero attached hydrogens (tertiary/aromatic N) is 1. The minimum Gasteiger partial charge on any atom is -0.493 e. The highest BCUT2D eigenvalue weighted by Crippen LogP contribution is 2.40. The molecule has 1 N–H and O–H groups in total. The van der Waals surface area contributed by atoms with Crippen molar-refractivity contribution in [3.8, 4) is 11.5 Å². The van der Waals surface area contributed by atoms with Gasteiger partial charge in [0.2, 0.25) is 5.91 Å². The second kappa shape index (κ2) is 13.7. The first-order valence-corrected chi connectivity index (χ1v) is 17.0. The van der Waals surface area contributed by atoms with Gasteiger partial charge in [-0.15, -0.1) is 0 Å². The number of ether oxygens (including phenoxy) is 2. The number of benzene rings is 2. The monoisotopic (exact) mass is 598 g/mol. The van der Waals surface area contributed by atoms with Crippen LogP contribution in [0.3, 0.4) is 0 Å². The van der Waals surface area contributed by atoms with E-state index in [1.54, 1.807) is 30.3 Å². The van der Waals surface area contributed by atoms with Crippen molar-refractivity contribution < 1.29 is 32.3 Å². The zero-order chi connectivity index (χ0) is 30.4. The number of carbonyl (C=O) groups is 3. The Morgan fingerprint density at radius 3 is 2.36 bits per heavy atom. The lowest BCUT2D eigenvalue weighted by molar-refractivity contribution is -0.117. The van der Waals surface area contributed by atoms with E-state index in [2.05, 4.69) is 12.2 Å². The Balaban J connectivity index is 1.71. The Morgan fingerprint density at radius 2 is 1.71 bits per heavy atom. The molecule has 1 aliphatic carbocycles. The predicted molar refractivity (Wildman–Crippen MR) is 162 cm³/mol. The van der Waals surface area contributed by atoms with Gasteiger partial charge in [-0.3, -0.25) is 19.3 Å². The Bertz CT molecular complexity index is 1430. The first-order valence-electron chi connectivity index (χ1n) is 14.9. The Labute approximate surface area is 248 Å². The summed E-state index contributed by atoms with van der Waals surface area (Å²) in [5.74, 6) is -1.11. The minimum absolute atomic E-state index is 0.0968. The molecule has 0 aromatic heterocycles. The van der Waals surface area contributed by atoms with Crippen LogP contribution in [0.25, 0.3) is 0 Å². The number of amides is 3. The summed E-state index contributed by atoms with van der Waals surface area (Å²) >= 11 is 0. The molecular formula is C32H42N2O7S. The number of rotatable bonds is 16. The molecule has 2 aromatic carbocycles. The van der Waals surface area contributed by atoms with E-state index < -0.39 is 33.4 Å². The average molecular weight is 599 g/mol. The molecule has 1 fully saturated rings. The third-order valence-electron chi connectivity index (χ3n) is 7.75. The largest absolute Gasteiger partial charge is 0.493 e. The van der Waals surface area contributed by atoms with Crippen LogP contribution in [0.4, 0.5) is 5.69 Å². The fourth-order valence-corrected chi connectivity index (χ4v) is 6.35. The van der Waals surface area contributed by atoms with E-state index in [9.17, 15) is 22.8 Å². The second-order valence-electron chi connectivity index (χ2n) is 11.3. The highest BCUT2D eigenvalue weighted by Gasteiger charge is 2.44. The Kier molecular flexibility index (Phi) is 10.3. The summed E-state index contributed by atoms with van der Waals surface area (Å²) in [6, 6.07) is 7.30. The minimum atomic E-state index is -3.63. The van der Waals surface area contributed by atoms with Crippen molar-refractivity contribution in [2.75, 3.05) is 31.0 Å². The van der Waals surface area contributed by atoms with Crippen molar-refractivity contribution in [2.24, 2.45) is 5.92 Å². The van der Waals surface area contributed by atoms with Crippen LogP contribution in [-0.2, 0) is 21.1 Å². The molecule has 1 atom stereocenters. The van der Waals surface area contributed by atoms with Gasteiger partial charge in [-0.05, 0) is 68.0 Å². The highest BCUT2D eigenvalue weighted by molar-refractivity contribution is 7.90. The normalized spacial score (nSPS) is 15.5. The summed E-state index contributed by atoms with van der Waals surface area (Å²) in [6.07, 6.45) is 10.0. The van der Waals surface area contributed by atoms with Gasteiger partial charge in [-0.2, -0.15) is 0 Å². The van der Waals surface area contributed by atoms with Crippen LogP contribution in [0, 0.1) is 5.92 Å². The van der Waals surface area contributed by atoms with Gasteiger partial charge in [0.05, 0.1) is 42.3 Å². The number of hydrogen-bond acceptors (Lipinski definition) is 7. The molecule has 3 amide bonds. The van der Waals surface area contributed by atoms with Crippen LogP contribution >= 0.6 is 0 Å². The lowest BCUT2D eigenvalue weighted by Crippen LogP contribution is -2.37. The zero-order valence-electron chi connectivity index (χ0n) is 25.0. The molecule has 2 aromatic rings. The molecule has 1 aliphatic heterocycles. The molecule has 9 nitrogen and oxygen atoms in total. The fourth-order valence-electron chi connectivity index (χ4n) is 5.43. The van der Waals surface area contributed by atoms with E-state index in [-0.39, 0.29) is 23.0 Å². The topological polar surface area (TPSA) is 119 Å². The maximum atomic E-state index is 14.0. The van der Waals surface area contributed by atoms with E-state index in [1.165, 1.54) is 26.4 Å². The van der Waals surface area contributed by atoms with E-state index in [1.807, 2.05) is 6.92 Å². The molecule has 1 unspecified atom stereocenters. The van der Waals surface area contributed by atoms with Crippen LogP contribution in [0.2, 0.25) is 0 Å². The number of sulfone groups is 1. The number of imide groups is 1. The number of anilines is 1. The number of hydrogen-bond donors (Lipinski definition) is 1. The molecule has 0 saturated heterocycles. The molecule has 2 aliphatic rings. The number of aryl methyl sites for hydroxylation is 1. The lowest BCUT2D eigenvalue weighted by atomic mass is 9.98. The number of unbranched alkanes of at least 4 members (excludes halogenated alkanes) is 5. The molecule has 0 spiro atoms. The van der Waals surface area contributed by atoms with Gasteiger partial charge in [0, 0.05) is 12.2 Å². The van der Waals surface area contributed by atoms with Crippen molar-refractivity contribution in [2.45, 2.75) is 77.7 Å². The zero-order valence-corrected chi connectivity index (χ0v) is 25.8. The Hall–Kier alpha value is -3.40. The van der Waals surface area contributed by atoms with Gasteiger partial charge < -0.3 is 14.8 Å². The summed E-state index contributed by atoms with van der Waals surface area (Å²) in [5.41, 5.74) is 1.90. The molecule has 0 bridgehead atoms. The molecule has 1 heterocycles. The molecule has 4 rings (SSSR count). The average Bonchev–Trinajstić information content (AvgIpc) is 3.76. The van der Waals surface area contributed by atoms with Gasteiger partial charge in [0.1, 0.15) is 9.84 Å². The van der Waals surface area contributed by atoms with Crippen molar-refractivity contribution in [3.05, 3.63) is 52.6 Å². The summed E-state index contributed by atoms with van der Waals surface area (Å²) in [5, 5.41) is 2.91. The maximum absolute atomic E-state index is 14.0. The fraction of sp³-hybridized carbons (Fsp3) is 0.531. The first kappa shape index (κ1) is 31.5. The van der Waals surface area contributed by atoms with Gasteiger partial charge in [-0.1, -0.05) is 45.1 Å². The van der Waals surface area contributed by atoms with Crippen LogP contribution in [-0.4, -0.2) is 56.8 Å². The maximum Gasteiger partial charge on any atom is 0.264 e. The number of nitrogens with one attached hydrogen (secondary N) is 1. The van der Waals surface area contributed by atoms with Gasteiger partial charge in [0.15, 0.2) is 11.5 Å². The number of fused-ring (bicyclic) bond motifs is 1. The third-order valence-corrected chi connectivity index (χ3v) is 8.67. The summed E-state index contributed by atoms with van der Waals surface area (Å²) in [4.78, 5) is 41.8. The van der Waals surface area contributed by atoms with Gasteiger partial charge >= 0.3 is 0 Å². The van der Waals surface area contributed by atoms with Gasteiger partial charge in [0.25, 0.3) is 11.8 Å². The SMILES string of the molecule is CCCCCCCCc1cc(NC(=O)C2CC2)c2c(c1)C(=O)N(C(CS(C)(=O)=O)c1ccc(OC)c(OCC)c1)C2=O. The third kappa shape index (κ3) is 7.51. The summed E-state index contributed by atoms with van der Waals surface area (Å²) in [6.45, 7) is 4.33. The number of methoxy groups -OCH3 is 1. The molecular weight excluding hydrogens is 556 g/mol. The quantitative estimate of drug-likeness (QED) is 0.194. The van der Waals surface area contributed by atoms with E-state index in [4.69, 9.17) is 9.47 Å². The number of carbonyl (C=O) groups excluding carboxylic acids is 3. The van der Waals surface area contributed by atoms with E-state index in [0.29, 0.717) is 35.8 Å². The van der Waals surface area contributed by atoms with Crippen molar-refractivity contribution in [1.82, 2.24) is 4.90 Å². The standard InChI is InChI=1S/C32H42N2O7S/c1-5-7-8-9-10-11-12-21-17-24-29(25(18-21)33-30(35)22-13-14-22)32(37)34(31(24)36)26(20-42(4,38)39)23-15-16-27(40-3)28(19-23)41-6-2/h15-19,22,26H,5-14,20H2,1-4H3,(H,33,35). The smallest absolute Gasteiger partial charge is 0.264 e. The molecule has 42 heavy (non-hydrogen) atoms. The van der Waals surface area contributed by atoms with Crippen LogP contribution in [0.15, 0.2) is 30.3 Å². The lowest BCUT2D eigenvalue weighted by Gasteiger charge is -2.27. The van der Waals surface area contributed by atoms with Crippen molar-refractivity contribution >= 4 is 33.2 Å². The summed E-state index contributed by atoms with van der Waals surface area (Å²) in [7, 11) is -2.14. The molecule has 1 saturated carbocycles. The highest BCUT2D eigenvalue weighted by atomic mass is 32.2. The van der Waals surface area contributed by atoms with Crippen LogP contribution < -0.4 is 14.8 Å². The second-order valence-corrected chi connectivity index (χ2v) is 13.5. The predicted octanol–water partition coefficient (Wildman–Crippen LogP) is 5.73. The molecule has 10 heteroatoms. The molecule has 228 valence electrons. The first-order chi connectivity index (χ1) is 20.1. The van der Waals surface area contributed by atoms with Crippen LogP contribution in [0.5, 0.6) is 11.5 Å². The summed E-state index contributed by atoms with van der Waals surface area (Å²) < 4.78 is 36.2. The van der Waals surface area contributed by atoms with E-state index >= 15 is 0 Å². The van der Waals surface area contributed by atoms with Crippen LogP contribution in [0.1, 0.15) is 103 Å². The Morgan fingerprint density at radius 1 is 1.00 bits per heavy atom. The van der Waals surface area contributed by atoms with Gasteiger partial charge in [-0.25, -0.2) is 8.42 Å². The van der Waals surface area contributed by atoms with Crippen molar-refractivity contribution in [1.29, 1.82) is 0 Å². The van der Waals surface area contributed by atoms with Crippen molar-refractivity contribution in [3.63, 3.8) is 0 Å². The molecule has 0 radical (unpaired) electrons. The van der Waals surface area contributed by atoms with E-state index in [0.717, 1.165) is 48.8 Å².